The van der Waals surface area contributed by atoms with Crippen LogP contribution in [0.2, 0.25) is 0 Å². The van der Waals surface area contributed by atoms with E-state index in [1.54, 1.807) is 18.4 Å². The Kier molecular flexibility index (Phi) is 6.11. The molecule has 0 spiro atoms. The first-order valence-electron chi connectivity index (χ1n) is 9.01. The Bertz CT molecular complexity index is 754. The first-order valence-corrected chi connectivity index (χ1v) is 9.89. The Labute approximate surface area is 158 Å². The van der Waals surface area contributed by atoms with Crippen LogP contribution in [0.25, 0.3) is 0 Å². The number of nitrogens with zero attached hydrogens (tertiary/aromatic N) is 2. The van der Waals surface area contributed by atoms with Crippen molar-refractivity contribution >= 4 is 23.2 Å². The van der Waals surface area contributed by atoms with Gasteiger partial charge in [-0.3, -0.25) is 14.5 Å². The summed E-state index contributed by atoms with van der Waals surface area (Å²) in [4.78, 5) is 27.8. The Morgan fingerprint density at radius 3 is 2.85 bits per heavy atom. The van der Waals surface area contributed by atoms with E-state index < -0.39 is 0 Å². The molecule has 26 heavy (non-hydrogen) atoms. The van der Waals surface area contributed by atoms with E-state index in [9.17, 15) is 9.59 Å². The van der Waals surface area contributed by atoms with Gasteiger partial charge in [-0.05, 0) is 43.0 Å². The molecule has 2 amide bonds. The molecule has 2 aromatic heterocycles. The second kappa shape index (κ2) is 8.51. The van der Waals surface area contributed by atoms with Crippen LogP contribution in [0.15, 0.2) is 29.6 Å². The number of hydrogen-bond donors (Lipinski definition) is 2. The van der Waals surface area contributed by atoms with Crippen LogP contribution >= 0.6 is 11.3 Å². The highest BCUT2D eigenvalue weighted by molar-refractivity contribution is 7.09. The molecule has 0 radical (unpaired) electrons. The van der Waals surface area contributed by atoms with Gasteiger partial charge in [-0.15, -0.1) is 11.3 Å². The van der Waals surface area contributed by atoms with E-state index in [1.807, 2.05) is 41.3 Å². The van der Waals surface area contributed by atoms with E-state index >= 15 is 0 Å². The molecule has 1 aliphatic heterocycles. The van der Waals surface area contributed by atoms with E-state index in [0.29, 0.717) is 18.8 Å². The lowest BCUT2D eigenvalue weighted by Gasteiger charge is -2.35. The van der Waals surface area contributed by atoms with Crippen LogP contribution in [0.4, 0.5) is 0 Å². The summed E-state index contributed by atoms with van der Waals surface area (Å²) < 4.78 is 1.95. The fourth-order valence-corrected chi connectivity index (χ4v) is 4.22. The maximum atomic E-state index is 12.4. The van der Waals surface area contributed by atoms with Crippen molar-refractivity contribution in [3.05, 3.63) is 45.9 Å². The van der Waals surface area contributed by atoms with Crippen molar-refractivity contribution < 1.29 is 9.59 Å². The number of rotatable bonds is 6. The third kappa shape index (κ3) is 4.16. The summed E-state index contributed by atoms with van der Waals surface area (Å²) in [6.45, 7) is 1.87. The highest BCUT2D eigenvalue weighted by Crippen LogP contribution is 2.31. The fraction of sp³-hybridized carbons (Fsp3) is 0.474. The molecule has 2 N–H and O–H groups in total. The molecule has 0 aromatic carbocycles. The number of carbonyl (C=O) groups is 2. The maximum Gasteiger partial charge on any atom is 0.267 e. The Morgan fingerprint density at radius 1 is 1.27 bits per heavy atom. The zero-order valence-corrected chi connectivity index (χ0v) is 16.1. The molecule has 6 nitrogen and oxygen atoms in total. The van der Waals surface area contributed by atoms with Gasteiger partial charge in [-0.1, -0.05) is 12.5 Å². The van der Waals surface area contributed by atoms with E-state index in [0.717, 1.165) is 36.4 Å². The molecule has 0 unspecified atom stereocenters. The van der Waals surface area contributed by atoms with Crippen LogP contribution in [0.1, 0.15) is 46.4 Å². The highest BCUT2D eigenvalue weighted by atomic mass is 32.1. The van der Waals surface area contributed by atoms with Gasteiger partial charge in [0.05, 0.1) is 19.1 Å². The third-order valence-electron chi connectivity index (χ3n) is 4.96. The molecule has 1 aliphatic rings. The Morgan fingerprint density at radius 2 is 2.12 bits per heavy atom. The second-order valence-corrected chi connectivity index (χ2v) is 7.65. The minimum Gasteiger partial charge on any atom is -0.354 e. The lowest BCUT2D eigenvalue weighted by molar-refractivity contribution is -0.123. The highest BCUT2D eigenvalue weighted by Gasteiger charge is 2.28. The van der Waals surface area contributed by atoms with E-state index in [-0.39, 0.29) is 17.9 Å². The van der Waals surface area contributed by atoms with E-state index in [1.165, 1.54) is 0 Å². The SMILES string of the molecule is CNC(=O)c1ccc([C@@H]2CCCCN2CC(=O)NCc2cccs2)n1C. The summed E-state index contributed by atoms with van der Waals surface area (Å²) in [6, 6.07) is 8.06. The van der Waals surface area contributed by atoms with Crippen molar-refractivity contribution in [3.8, 4) is 0 Å². The molecular weight excluding hydrogens is 348 g/mol. The van der Waals surface area contributed by atoms with Gasteiger partial charge in [0.2, 0.25) is 5.91 Å². The molecule has 7 heteroatoms. The Hall–Kier alpha value is -2.12. The average molecular weight is 375 g/mol. The summed E-state index contributed by atoms with van der Waals surface area (Å²) in [7, 11) is 3.56. The summed E-state index contributed by atoms with van der Waals surface area (Å²) in [5.74, 6) is -0.0409. The van der Waals surface area contributed by atoms with Crippen molar-refractivity contribution in [1.29, 1.82) is 0 Å². The van der Waals surface area contributed by atoms with Crippen LogP contribution in [-0.2, 0) is 18.4 Å². The molecule has 140 valence electrons. The minimum atomic E-state index is -0.0881. The van der Waals surface area contributed by atoms with Crippen LogP contribution in [0.5, 0.6) is 0 Å². The molecule has 0 bridgehead atoms. The van der Waals surface area contributed by atoms with E-state index in [4.69, 9.17) is 0 Å². The molecule has 3 heterocycles. The number of aromatic nitrogens is 1. The molecule has 3 rings (SSSR count). The van der Waals surface area contributed by atoms with Gasteiger partial charge >= 0.3 is 0 Å². The number of thiophene rings is 1. The predicted octanol–water partition coefficient (Wildman–Crippen LogP) is 2.29. The lowest BCUT2D eigenvalue weighted by Crippen LogP contribution is -2.42. The molecular formula is C19H26N4O2S. The lowest BCUT2D eigenvalue weighted by atomic mass is 9.99. The molecule has 1 atom stereocenters. The van der Waals surface area contributed by atoms with Gasteiger partial charge in [0.25, 0.3) is 5.91 Å². The molecule has 1 fully saturated rings. The van der Waals surface area contributed by atoms with E-state index in [2.05, 4.69) is 15.5 Å². The monoisotopic (exact) mass is 374 g/mol. The largest absolute Gasteiger partial charge is 0.354 e. The van der Waals surface area contributed by atoms with Gasteiger partial charge in [0.15, 0.2) is 0 Å². The quantitative estimate of drug-likeness (QED) is 0.815. The van der Waals surface area contributed by atoms with Gasteiger partial charge < -0.3 is 15.2 Å². The zero-order valence-electron chi connectivity index (χ0n) is 15.3. The Balaban J connectivity index is 1.67. The van der Waals surface area contributed by atoms with Crippen molar-refractivity contribution in [1.82, 2.24) is 20.1 Å². The summed E-state index contributed by atoms with van der Waals surface area (Å²) in [5.41, 5.74) is 1.74. The van der Waals surface area contributed by atoms with Gasteiger partial charge in [-0.25, -0.2) is 0 Å². The number of hydrogen-bond acceptors (Lipinski definition) is 4. The smallest absolute Gasteiger partial charge is 0.267 e. The number of carbonyl (C=O) groups excluding carboxylic acids is 2. The fourth-order valence-electron chi connectivity index (χ4n) is 3.57. The third-order valence-corrected chi connectivity index (χ3v) is 5.84. The molecule has 1 saturated heterocycles. The van der Waals surface area contributed by atoms with Gasteiger partial charge in [-0.2, -0.15) is 0 Å². The topological polar surface area (TPSA) is 66.4 Å². The number of amides is 2. The first kappa shape index (κ1) is 18.7. The van der Waals surface area contributed by atoms with Crippen LogP contribution < -0.4 is 10.6 Å². The van der Waals surface area contributed by atoms with Crippen molar-refractivity contribution in [2.24, 2.45) is 7.05 Å². The van der Waals surface area contributed by atoms with Crippen LogP contribution in [0, 0.1) is 0 Å². The number of likely N-dealkylation sites (tertiary alicyclic amines) is 1. The maximum absolute atomic E-state index is 12.4. The summed E-state index contributed by atoms with van der Waals surface area (Å²) in [6.07, 6.45) is 3.24. The summed E-state index contributed by atoms with van der Waals surface area (Å²) in [5, 5.41) is 7.70. The zero-order chi connectivity index (χ0) is 18.5. The van der Waals surface area contributed by atoms with Crippen molar-refractivity contribution in [2.75, 3.05) is 20.1 Å². The first-order chi connectivity index (χ1) is 12.6. The molecule has 2 aromatic rings. The molecule has 0 saturated carbocycles. The second-order valence-electron chi connectivity index (χ2n) is 6.62. The minimum absolute atomic E-state index is 0.0473. The van der Waals surface area contributed by atoms with Crippen LogP contribution in [-0.4, -0.2) is 41.4 Å². The number of piperidine rings is 1. The average Bonchev–Trinajstić information content (AvgIpc) is 3.29. The van der Waals surface area contributed by atoms with Gasteiger partial charge in [0, 0.05) is 24.7 Å². The number of nitrogens with one attached hydrogen (secondary N) is 2. The predicted molar refractivity (Wildman–Crippen MR) is 103 cm³/mol. The van der Waals surface area contributed by atoms with Crippen molar-refractivity contribution in [3.63, 3.8) is 0 Å². The van der Waals surface area contributed by atoms with Gasteiger partial charge in [0.1, 0.15) is 5.69 Å². The standard InChI is InChI=1S/C19H26N4O2S/c1-20-19(25)17-9-8-15(22(17)2)16-7-3-4-10-23(16)13-18(24)21-12-14-6-5-11-26-14/h5-6,8-9,11,16H,3-4,7,10,12-13H2,1-2H3,(H,20,25)(H,21,24)/t16-/m0/s1. The normalized spacial score (nSPS) is 17.8. The van der Waals surface area contributed by atoms with Crippen LogP contribution in [0.3, 0.4) is 0 Å². The van der Waals surface area contributed by atoms with Crippen molar-refractivity contribution in [2.45, 2.75) is 31.8 Å². The summed E-state index contributed by atoms with van der Waals surface area (Å²) >= 11 is 1.65. The molecule has 0 aliphatic carbocycles.